The zero-order chi connectivity index (χ0) is 14.7. The maximum atomic E-state index is 12.1. The predicted molar refractivity (Wildman–Crippen MR) is 79.2 cm³/mol. The highest BCUT2D eigenvalue weighted by Crippen LogP contribution is 2.16. The lowest BCUT2D eigenvalue weighted by Gasteiger charge is -2.18. The van der Waals surface area contributed by atoms with Crippen LogP contribution in [0.25, 0.3) is 11.1 Å². The third-order valence-corrected chi connectivity index (χ3v) is 3.18. The minimum absolute atomic E-state index is 0.0724. The average Bonchev–Trinajstić information content (AvgIpc) is 2.76. The van der Waals surface area contributed by atoms with Crippen LogP contribution in [0, 0.1) is 10.8 Å². The van der Waals surface area contributed by atoms with Gasteiger partial charge in [-0.1, -0.05) is 13.8 Å². The molecule has 6 heteroatoms. The first-order chi connectivity index (χ1) is 9.49. The fraction of sp³-hybridized carbons (Fsp3) is 0.429. The molecule has 108 valence electrons. The first-order valence-corrected chi connectivity index (χ1v) is 6.95. The number of aromatic nitrogens is 1. The van der Waals surface area contributed by atoms with E-state index in [4.69, 9.17) is 16.6 Å². The topological polar surface area (TPSA) is 78.3 Å². The standard InChI is InChI=1S/C14H18N2O3S/c1-8(2)5-10(7-17)15-13(18)9-3-4-11-12(6-9)19-14(20)16-11/h3-4,6,8,10,17H,5,7H2,1-2H3,(H,15,18)(H,16,20)/t10-/m0/s1. The van der Waals surface area contributed by atoms with Gasteiger partial charge in [0.2, 0.25) is 0 Å². The number of oxazole rings is 1. The van der Waals surface area contributed by atoms with E-state index < -0.39 is 0 Å². The molecular weight excluding hydrogens is 276 g/mol. The number of aliphatic hydroxyl groups excluding tert-OH is 1. The van der Waals surface area contributed by atoms with E-state index in [1.807, 2.05) is 13.8 Å². The van der Waals surface area contributed by atoms with E-state index in [0.717, 1.165) is 11.9 Å². The third kappa shape index (κ3) is 3.46. The largest absolute Gasteiger partial charge is 0.429 e. The number of amides is 1. The van der Waals surface area contributed by atoms with Gasteiger partial charge in [-0.3, -0.25) is 4.79 Å². The number of hydrogen-bond acceptors (Lipinski definition) is 4. The smallest absolute Gasteiger partial charge is 0.266 e. The molecule has 0 fully saturated rings. The van der Waals surface area contributed by atoms with Gasteiger partial charge >= 0.3 is 0 Å². The summed E-state index contributed by atoms with van der Waals surface area (Å²) in [6.07, 6.45) is 0.731. The Kier molecular flexibility index (Phi) is 4.57. The summed E-state index contributed by atoms with van der Waals surface area (Å²) in [5, 5.41) is 12.1. The maximum absolute atomic E-state index is 12.1. The predicted octanol–water partition coefficient (Wildman–Crippen LogP) is 2.63. The lowest BCUT2D eigenvalue weighted by molar-refractivity contribution is 0.0908. The van der Waals surface area contributed by atoms with Crippen molar-refractivity contribution in [2.24, 2.45) is 5.92 Å². The van der Waals surface area contributed by atoms with Gasteiger partial charge in [-0.05, 0) is 42.8 Å². The Morgan fingerprint density at radius 2 is 2.25 bits per heavy atom. The number of nitrogens with one attached hydrogen (secondary N) is 2. The van der Waals surface area contributed by atoms with Gasteiger partial charge in [0.05, 0.1) is 18.2 Å². The average molecular weight is 294 g/mol. The Hall–Kier alpha value is -1.66. The quantitative estimate of drug-likeness (QED) is 0.741. The van der Waals surface area contributed by atoms with Crippen molar-refractivity contribution in [2.45, 2.75) is 26.3 Å². The van der Waals surface area contributed by atoms with E-state index in [-0.39, 0.29) is 23.4 Å². The molecule has 5 nitrogen and oxygen atoms in total. The molecule has 2 rings (SSSR count). The summed E-state index contributed by atoms with van der Waals surface area (Å²) in [6, 6.07) is 4.85. The van der Waals surface area contributed by atoms with Crippen molar-refractivity contribution in [3.63, 3.8) is 0 Å². The minimum Gasteiger partial charge on any atom is -0.429 e. The highest BCUT2D eigenvalue weighted by molar-refractivity contribution is 7.71. The Balaban J connectivity index is 2.15. The maximum Gasteiger partial charge on any atom is 0.266 e. The normalized spacial score (nSPS) is 12.8. The molecule has 2 aromatic rings. The molecule has 0 spiro atoms. The van der Waals surface area contributed by atoms with Crippen molar-refractivity contribution in [1.82, 2.24) is 10.3 Å². The molecule has 3 N–H and O–H groups in total. The number of rotatable bonds is 5. The van der Waals surface area contributed by atoms with E-state index in [2.05, 4.69) is 10.3 Å². The molecule has 0 saturated carbocycles. The summed E-state index contributed by atoms with van der Waals surface area (Å²) in [6.45, 7) is 4.02. The van der Waals surface area contributed by atoms with Gasteiger partial charge in [0.25, 0.3) is 10.7 Å². The first kappa shape index (κ1) is 14.7. The van der Waals surface area contributed by atoms with Crippen LogP contribution in [0.1, 0.15) is 30.6 Å². The molecule has 0 bridgehead atoms. The van der Waals surface area contributed by atoms with Crippen molar-refractivity contribution < 1.29 is 14.3 Å². The number of fused-ring (bicyclic) bond motifs is 1. The second-order valence-corrected chi connectivity index (χ2v) is 5.58. The molecule has 0 unspecified atom stereocenters. The highest BCUT2D eigenvalue weighted by atomic mass is 32.1. The van der Waals surface area contributed by atoms with Crippen molar-refractivity contribution in [2.75, 3.05) is 6.61 Å². The van der Waals surface area contributed by atoms with Crippen molar-refractivity contribution in [1.29, 1.82) is 0 Å². The monoisotopic (exact) mass is 294 g/mol. The highest BCUT2D eigenvalue weighted by Gasteiger charge is 2.15. The lowest BCUT2D eigenvalue weighted by atomic mass is 10.0. The third-order valence-electron chi connectivity index (χ3n) is 2.99. The van der Waals surface area contributed by atoms with Crippen molar-refractivity contribution in [3.05, 3.63) is 28.6 Å². The van der Waals surface area contributed by atoms with Crippen LogP contribution in [0.4, 0.5) is 0 Å². The van der Waals surface area contributed by atoms with E-state index in [1.165, 1.54) is 0 Å². The van der Waals surface area contributed by atoms with Crippen LogP contribution in [0.2, 0.25) is 0 Å². The van der Waals surface area contributed by atoms with Gasteiger partial charge in [0.1, 0.15) is 0 Å². The van der Waals surface area contributed by atoms with Gasteiger partial charge in [-0.25, -0.2) is 0 Å². The summed E-state index contributed by atoms with van der Waals surface area (Å²) in [4.78, 5) is 15.3. The van der Waals surface area contributed by atoms with Crippen LogP contribution < -0.4 is 5.32 Å². The first-order valence-electron chi connectivity index (χ1n) is 6.54. The molecular formula is C14H18N2O3S. The van der Waals surface area contributed by atoms with Gasteiger partial charge in [0, 0.05) is 5.56 Å². The van der Waals surface area contributed by atoms with Crippen molar-refractivity contribution >= 4 is 29.2 Å². The summed E-state index contributed by atoms with van der Waals surface area (Å²) < 4.78 is 5.28. The number of carbonyl (C=O) groups is 1. The number of hydrogen-bond donors (Lipinski definition) is 3. The Morgan fingerprint density at radius 3 is 2.90 bits per heavy atom. The van der Waals surface area contributed by atoms with Crippen LogP contribution in [0.3, 0.4) is 0 Å². The van der Waals surface area contributed by atoms with Gasteiger partial charge in [-0.15, -0.1) is 0 Å². The summed E-state index contributed by atoms with van der Waals surface area (Å²) in [5.41, 5.74) is 1.79. The molecule has 0 radical (unpaired) electrons. The SMILES string of the molecule is CC(C)C[C@@H](CO)NC(=O)c1ccc2[nH]c(=S)oc2c1. The van der Waals surface area contributed by atoms with Crippen LogP contribution >= 0.6 is 12.2 Å². The molecule has 1 atom stereocenters. The van der Waals surface area contributed by atoms with Gasteiger partial charge in [-0.2, -0.15) is 0 Å². The van der Waals surface area contributed by atoms with Crippen LogP contribution in [-0.2, 0) is 0 Å². The molecule has 20 heavy (non-hydrogen) atoms. The molecule has 1 heterocycles. The summed E-state index contributed by atoms with van der Waals surface area (Å²) >= 11 is 4.90. The summed E-state index contributed by atoms with van der Waals surface area (Å²) in [5.74, 6) is 0.172. The van der Waals surface area contributed by atoms with Crippen molar-refractivity contribution in [3.8, 4) is 0 Å². The number of benzene rings is 1. The van der Waals surface area contributed by atoms with Gasteiger partial charge < -0.3 is 19.8 Å². The van der Waals surface area contributed by atoms with E-state index >= 15 is 0 Å². The van der Waals surface area contributed by atoms with E-state index in [0.29, 0.717) is 17.1 Å². The Morgan fingerprint density at radius 1 is 1.50 bits per heavy atom. The van der Waals surface area contributed by atoms with Gasteiger partial charge in [0.15, 0.2) is 5.58 Å². The zero-order valence-electron chi connectivity index (χ0n) is 11.5. The number of aliphatic hydroxyl groups is 1. The van der Waals surface area contributed by atoms with E-state index in [1.54, 1.807) is 18.2 Å². The molecule has 1 aromatic carbocycles. The summed E-state index contributed by atoms with van der Waals surface area (Å²) in [7, 11) is 0. The number of carbonyl (C=O) groups excluding carboxylic acids is 1. The zero-order valence-corrected chi connectivity index (χ0v) is 12.3. The van der Waals surface area contributed by atoms with Crippen LogP contribution in [-0.4, -0.2) is 28.6 Å². The fourth-order valence-electron chi connectivity index (χ4n) is 2.10. The Bertz CT molecular complexity index is 660. The molecule has 0 aliphatic carbocycles. The second kappa shape index (κ2) is 6.19. The fourth-order valence-corrected chi connectivity index (χ4v) is 2.30. The lowest BCUT2D eigenvalue weighted by Crippen LogP contribution is -2.38. The Labute approximate surface area is 122 Å². The minimum atomic E-state index is -0.240. The molecule has 0 saturated heterocycles. The molecule has 1 aromatic heterocycles. The number of H-pyrrole nitrogens is 1. The van der Waals surface area contributed by atoms with Crippen LogP contribution in [0.15, 0.2) is 22.6 Å². The van der Waals surface area contributed by atoms with Crippen LogP contribution in [0.5, 0.6) is 0 Å². The number of aromatic amines is 1. The molecule has 0 aliphatic heterocycles. The van der Waals surface area contributed by atoms with E-state index in [9.17, 15) is 9.90 Å². The molecule has 0 aliphatic rings. The second-order valence-electron chi connectivity index (χ2n) is 5.21. The molecule has 1 amide bonds.